The third-order valence-electron chi connectivity index (χ3n) is 3.75. The highest BCUT2D eigenvalue weighted by atomic mass is 16.4. The smallest absolute Gasteiger partial charge is 0.326 e. The van der Waals surface area contributed by atoms with Crippen molar-refractivity contribution >= 4 is 29.4 Å². The molecule has 0 saturated carbocycles. The molecule has 0 aliphatic carbocycles. The van der Waals surface area contributed by atoms with E-state index in [1.54, 1.807) is 0 Å². The maximum Gasteiger partial charge on any atom is 0.326 e. The lowest BCUT2D eigenvalue weighted by molar-refractivity contribution is -0.139. The van der Waals surface area contributed by atoms with Crippen molar-refractivity contribution in [2.75, 3.05) is 5.01 Å². The molecule has 2 rings (SSSR count). The SMILES string of the molecule is CC(C)CC(NC(=O)c1ccc(N2NC(=O)CCC2=O)cc1)C(=O)O. The van der Waals surface area contributed by atoms with Crippen molar-refractivity contribution < 1.29 is 24.3 Å². The van der Waals surface area contributed by atoms with Crippen molar-refractivity contribution in [2.45, 2.75) is 39.2 Å². The van der Waals surface area contributed by atoms with E-state index in [1.165, 1.54) is 24.3 Å². The van der Waals surface area contributed by atoms with Gasteiger partial charge in [0.25, 0.3) is 5.91 Å². The second kappa shape index (κ2) is 7.78. The van der Waals surface area contributed by atoms with Crippen LogP contribution < -0.4 is 15.8 Å². The lowest BCUT2D eigenvalue weighted by Gasteiger charge is -2.27. The van der Waals surface area contributed by atoms with Crippen molar-refractivity contribution in [3.8, 4) is 0 Å². The molecule has 3 amide bonds. The number of hydrogen-bond acceptors (Lipinski definition) is 4. The first-order valence-electron chi connectivity index (χ1n) is 8.04. The Hall–Kier alpha value is -2.90. The number of carboxylic acid groups (broad SMARTS) is 1. The van der Waals surface area contributed by atoms with E-state index >= 15 is 0 Å². The van der Waals surface area contributed by atoms with E-state index in [2.05, 4.69) is 10.7 Å². The molecule has 0 radical (unpaired) electrons. The van der Waals surface area contributed by atoms with E-state index in [1.807, 2.05) is 13.8 Å². The molecule has 1 heterocycles. The summed E-state index contributed by atoms with van der Waals surface area (Å²) in [5.74, 6) is -1.95. The molecule has 1 aliphatic rings. The number of benzene rings is 1. The Morgan fingerprint density at radius 1 is 1.20 bits per heavy atom. The third kappa shape index (κ3) is 4.79. The molecule has 1 saturated heterocycles. The molecule has 25 heavy (non-hydrogen) atoms. The number of nitrogens with zero attached hydrogens (tertiary/aromatic N) is 1. The summed E-state index contributed by atoms with van der Waals surface area (Å²) in [6, 6.07) is 5.04. The van der Waals surface area contributed by atoms with Gasteiger partial charge in [0.05, 0.1) is 5.69 Å². The third-order valence-corrected chi connectivity index (χ3v) is 3.75. The summed E-state index contributed by atoms with van der Waals surface area (Å²) in [5.41, 5.74) is 3.18. The van der Waals surface area contributed by atoms with Crippen LogP contribution in [0.3, 0.4) is 0 Å². The number of carbonyl (C=O) groups excluding carboxylic acids is 3. The van der Waals surface area contributed by atoms with E-state index in [0.29, 0.717) is 12.1 Å². The quantitative estimate of drug-likeness (QED) is 0.712. The first-order valence-corrected chi connectivity index (χ1v) is 8.04. The first kappa shape index (κ1) is 18.4. The predicted octanol–water partition coefficient (Wildman–Crippen LogP) is 1.07. The van der Waals surface area contributed by atoms with Crippen molar-refractivity contribution in [1.29, 1.82) is 0 Å². The van der Waals surface area contributed by atoms with Crippen LogP contribution in [0.2, 0.25) is 0 Å². The van der Waals surface area contributed by atoms with Crippen molar-refractivity contribution in [3.05, 3.63) is 29.8 Å². The van der Waals surface area contributed by atoms with Crippen LogP contribution in [0.25, 0.3) is 0 Å². The number of nitrogens with one attached hydrogen (secondary N) is 2. The van der Waals surface area contributed by atoms with E-state index in [0.717, 1.165) is 5.01 Å². The molecule has 8 nitrogen and oxygen atoms in total. The minimum atomic E-state index is -1.08. The van der Waals surface area contributed by atoms with Crippen LogP contribution in [0.4, 0.5) is 5.69 Å². The number of amides is 3. The number of carbonyl (C=O) groups is 4. The molecule has 1 fully saturated rings. The van der Waals surface area contributed by atoms with Crippen LogP contribution in [0, 0.1) is 5.92 Å². The molecular weight excluding hydrogens is 326 g/mol. The minimum Gasteiger partial charge on any atom is -0.480 e. The number of hydrogen-bond donors (Lipinski definition) is 3. The Kier molecular flexibility index (Phi) is 5.74. The highest BCUT2D eigenvalue weighted by Crippen LogP contribution is 2.18. The van der Waals surface area contributed by atoms with Crippen molar-refractivity contribution in [3.63, 3.8) is 0 Å². The maximum atomic E-state index is 12.2. The molecule has 8 heteroatoms. The Bertz CT molecular complexity index is 684. The highest BCUT2D eigenvalue weighted by molar-refractivity contribution is 6.02. The van der Waals surface area contributed by atoms with Gasteiger partial charge in [0.1, 0.15) is 6.04 Å². The molecule has 1 unspecified atom stereocenters. The second-order valence-corrected chi connectivity index (χ2v) is 6.30. The number of aliphatic carboxylic acids is 1. The summed E-state index contributed by atoms with van der Waals surface area (Å²) >= 11 is 0. The van der Waals surface area contributed by atoms with Crippen LogP contribution in [0.15, 0.2) is 24.3 Å². The summed E-state index contributed by atoms with van der Waals surface area (Å²) in [6.07, 6.45) is 0.610. The zero-order chi connectivity index (χ0) is 18.6. The van der Waals surface area contributed by atoms with Crippen LogP contribution in [-0.4, -0.2) is 34.8 Å². The van der Waals surface area contributed by atoms with Gasteiger partial charge in [-0.15, -0.1) is 0 Å². The average molecular weight is 347 g/mol. The second-order valence-electron chi connectivity index (χ2n) is 6.30. The van der Waals surface area contributed by atoms with E-state index < -0.39 is 17.9 Å². The molecule has 134 valence electrons. The number of hydrazine groups is 1. The average Bonchev–Trinajstić information content (AvgIpc) is 2.56. The molecule has 0 aromatic heterocycles. The van der Waals surface area contributed by atoms with Gasteiger partial charge in [-0.25, -0.2) is 9.80 Å². The van der Waals surface area contributed by atoms with Crippen molar-refractivity contribution in [1.82, 2.24) is 10.7 Å². The predicted molar refractivity (Wildman–Crippen MR) is 89.6 cm³/mol. The molecule has 1 aromatic carbocycles. The highest BCUT2D eigenvalue weighted by Gasteiger charge is 2.25. The van der Waals surface area contributed by atoms with Gasteiger partial charge in [-0.1, -0.05) is 13.8 Å². The summed E-state index contributed by atoms with van der Waals surface area (Å²) in [6.45, 7) is 3.75. The Morgan fingerprint density at radius 3 is 2.40 bits per heavy atom. The molecule has 0 spiro atoms. The fourth-order valence-electron chi connectivity index (χ4n) is 2.48. The zero-order valence-electron chi connectivity index (χ0n) is 14.1. The van der Waals surface area contributed by atoms with Gasteiger partial charge >= 0.3 is 5.97 Å². The standard InChI is InChI=1S/C17H21N3O5/c1-10(2)9-13(17(24)25)18-16(23)11-3-5-12(6-4-11)20-15(22)8-7-14(21)19-20/h3-6,10,13H,7-9H2,1-2H3,(H,18,23)(H,19,21)(H,24,25). The Labute approximate surface area is 145 Å². The Morgan fingerprint density at radius 2 is 1.84 bits per heavy atom. The fraction of sp³-hybridized carbons (Fsp3) is 0.412. The number of anilines is 1. The van der Waals surface area contributed by atoms with E-state index in [9.17, 15) is 24.3 Å². The van der Waals surface area contributed by atoms with Gasteiger partial charge in [0.2, 0.25) is 11.8 Å². The van der Waals surface area contributed by atoms with Crippen LogP contribution in [0.1, 0.15) is 43.5 Å². The van der Waals surface area contributed by atoms with Gasteiger partial charge in [-0.05, 0) is 36.6 Å². The molecule has 0 bridgehead atoms. The fourth-order valence-corrected chi connectivity index (χ4v) is 2.48. The zero-order valence-corrected chi connectivity index (χ0v) is 14.1. The van der Waals surface area contributed by atoms with Crippen LogP contribution >= 0.6 is 0 Å². The first-order chi connectivity index (χ1) is 11.8. The molecular formula is C17H21N3O5. The van der Waals surface area contributed by atoms with Gasteiger partial charge in [0.15, 0.2) is 0 Å². The lowest BCUT2D eigenvalue weighted by atomic mass is 10.0. The summed E-state index contributed by atoms with van der Waals surface area (Å²) in [5, 5.41) is 12.8. The van der Waals surface area contributed by atoms with Gasteiger partial charge in [-0.2, -0.15) is 0 Å². The summed E-state index contributed by atoms with van der Waals surface area (Å²) < 4.78 is 0. The van der Waals surface area contributed by atoms with Crippen molar-refractivity contribution in [2.24, 2.45) is 5.92 Å². The maximum absolute atomic E-state index is 12.2. The topological polar surface area (TPSA) is 116 Å². The molecule has 1 aromatic rings. The minimum absolute atomic E-state index is 0.123. The molecule has 1 aliphatic heterocycles. The monoisotopic (exact) mass is 347 g/mol. The number of carboxylic acids is 1. The van der Waals surface area contributed by atoms with Gasteiger partial charge < -0.3 is 10.4 Å². The van der Waals surface area contributed by atoms with Crippen LogP contribution in [0.5, 0.6) is 0 Å². The molecule has 1 atom stereocenters. The van der Waals surface area contributed by atoms with E-state index in [4.69, 9.17) is 0 Å². The van der Waals surface area contributed by atoms with Gasteiger partial charge in [0, 0.05) is 18.4 Å². The molecule has 3 N–H and O–H groups in total. The summed E-state index contributed by atoms with van der Waals surface area (Å²) in [4.78, 5) is 46.7. The van der Waals surface area contributed by atoms with E-state index in [-0.39, 0.29) is 36.1 Å². The largest absolute Gasteiger partial charge is 0.480 e. The summed E-state index contributed by atoms with van der Waals surface area (Å²) in [7, 11) is 0. The Balaban J connectivity index is 2.08. The number of rotatable bonds is 6. The van der Waals surface area contributed by atoms with Crippen LogP contribution in [-0.2, 0) is 14.4 Å². The lowest BCUT2D eigenvalue weighted by Crippen LogP contribution is -2.50. The normalized spacial score (nSPS) is 15.7. The van der Waals surface area contributed by atoms with Gasteiger partial charge in [-0.3, -0.25) is 19.8 Å².